The van der Waals surface area contributed by atoms with Crippen LogP contribution >= 0.6 is 0 Å². The van der Waals surface area contributed by atoms with Gasteiger partial charge in [-0.1, -0.05) is 0 Å². The molecule has 2 atom stereocenters. The number of methoxy groups -OCH3 is 1. The Morgan fingerprint density at radius 3 is 3.00 bits per heavy atom. The van der Waals surface area contributed by atoms with Gasteiger partial charge in [-0.3, -0.25) is 4.79 Å². The third-order valence-corrected chi connectivity index (χ3v) is 5.01. The topological polar surface area (TPSA) is 93.4 Å². The molecule has 0 radical (unpaired) electrons. The molecule has 26 heavy (non-hydrogen) atoms. The zero-order chi connectivity index (χ0) is 18.1. The lowest BCUT2D eigenvalue weighted by atomic mass is 10.2. The molecule has 8 heteroatoms. The van der Waals surface area contributed by atoms with Gasteiger partial charge in [0.1, 0.15) is 12.1 Å². The number of aryl methyl sites for hydroxylation is 1. The van der Waals surface area contributed by atoms with Gasteiger partial charge >= 0.3 is 0 Å². The van der Waals surface area contributed by atoms with E-state index in [0.717, 1.165) is 31.6 Å². The average molecular weight is 357 g/mol. The Labute approximate surface area is 152 Å². The summed E-state index contributed by atoms with van der Waals surface area (Å²) < 4.78 is 11.2. The normalized spacial score (nSPS) is 22.6. The Morgan fingerprint density at radius 1 is 1.46 bits per heavy atom. The van der Waals surface area contributed by atoms with Crippen molar-refractivity contribution in [3.8, 4) is 0 Å². The van der Waals surface area contributed by atoms with Gasteiger partial charge in [0.25, 0.3) is 5.91 Å². The second kappa shape index (κ2) is 7.03. The van der Waals surface area contributed by atoms with Crippen LogP contribution in [0.5, 0.6) is 0 Å². The number of carbonyl (C=O) groups is 1. The number of nitrogens with one attached hydrogen (secondary N) is 1. The summed E-state index contributed by atoms with van der Waals surface area (Å²) in [6.45, 7) is 3.04. The predicted molar refractivity (Wildman–Crippen MR) is 94.1 cm³/mol. The molecule has 1 N–H and O–H groups in total. The molecule has 1 amide bonds. The molecule has 4 rings (SSSR count). The van der Waals surface area contributed by atoms with Crippen LogP contribution in [0.25, 0.3) is 0 Å². The third kappa shape index (κ3) is 3.41. The Balaban J connectivity index is 1.43. The molecule has 8 nitrogen and oxygen atoms in total. The first-order valence-corrected chi connectivity index (χ1v) is 8.96. The summed E-state index contributed by atoms with van der Waals surface area (Å²) in [6.07, 6.45) is 6.37. The largest absolute Gasteiger partial charge is 0.435 e. The van der Waals surface area contributed by atoms with E-state index >= 15 is 0 Å². The van der Waals surface area contributed by atoms with Gasteiger partial charge in [-0.05, 0) is 32.3 Å². The van der Waals surface area contributed by atoms with E-state index < -0.39 is 0 Å². The fourth-order valence-electron chi connectivity index (χ4n) is 3.40. The number of hydrogen-bond acceptors (Lipinski definition) is 7. The number of ether oxygens (including phenoxy) is 1. The molecule has 0 aromatic carbocycles. The number of anilines is 1. The summed E-state index contributed by atoms with van der Waals surface area (Å²) in [5.41, 5.74) is 0.651. The van der Waals surface area contributed by atoms with Crippen molar-refractivity contribution in [3.63, 3.8) is 0 Å². The highest BCUT2D eigenvalue weighted by atomic mass is 16.5. The van der Waals surface area contributed by atoms with Gasteiger partial charge in [0, 0.05) is 32.3 Å². The summed E-state index contributed by atoms with van der Waals surface area (Å²) in [4.78, 5) is 27.4. The highest BCUT2D eigenvalue weighted by Crippen LogP contribution is 2.40. The van der Waals surface area contributed by atoms with Crippen LogP contribution in [0, 0.1) is 6.92 Å². The first-order chi connectivity index (χ1) is 12.7. The highest BCUT2D eigenvalue weighted by Gasteiger charge is 2.34. The number of amides is 1. The van der Waals surface area contributed by atoms with Crippen LogP contribution in [0.15, 0.2) is 23.0 Å². The van der Waals surface area contributed by atoms with E-state index in [4.69, 9.17) is 9.15 Å². The maximum absolute atomic E-state index is 12.6. The molecule has 1 aliphatic carbocycles. The van der Waals surface area contributed by atoms with Crippen LogP contribution in [-0.4, -0.2) is 53.2 Å². The quantitative estimate of drug-likeness (QED) is 0.840. The fraction of sp³-hybridized carbons (Fsp3) is 0.556. The summed E-state index contributed by atoms with van der Waals surface area (Å²) in [6, 6.07) is 1.97. The molecule has 1 saturated heterocycles. The van der Waals surface area contributed by atoms with Crippen molar-refractivity contribution in [1.82, 2.24) is 20.3 Å². The minimum Gasteiger partial charge on any atom is -0.435 e. The smallest absolute Gasteiger partial charge is 0.289 e. The van der Waals surface area contributed by atoms with Gasteiger partial charge in [0.2, 0.25) is 5.76 Å². The molecular formula is C18H23N5O3. The number of nitrogens with zero attached hydrogens (tertiary/aromatic N) is 4. The molecule has 0 spiro atoms. The zero-order valence-electron chi connectivity index (χ0n) is 15.0. The Hall–Kier alpha value is -2.48. The van der Waals surface area contributed by atoms with Gasteiger partial charge < -0.3 is 19.4 Å². The standard InChI is InChI=1S/C18H23N5O3/c1-11-16(26-18(22-11)12-3-4-12)17(24)20-8-13-7-14(25-2)9-23(13)15-5-6-19-10-21-15/h5-6,10,12-14H,3-4,7-9H2,1-2H3,(H,20,24)/t13-,14-/m1/s1. The highest BCUT2D eigenvalue weighted by molar-refractivity contribution is 5.92. The molecule has 3 heterocycles. The van der Waals surface area contributed by atoms with Gasteiger partial charge in [0.05, 0.1) is 17.8 Å². The number of hydrogen-bond donors (Lipinski definition) is 1. The average Bonchev–Trinajstić information content (AvgIpc) is 3.32. The summed E-state index contributed by atoms with van der Waals surface area (Å²) in [5, 5.41) is 2.99. The minimum atomic E-state index is -0.217. The number of carbonyl (C=O) groups excluding carboxylic acids is 1. The maximum atomic E-state index is 12.6. The Bertz CT molecular complexity index is 774. The summed E-state index contributed by atoms with van der Waals surface area (Å²) in [7, 11) is 1.71. The Morgan fingerprint density at radius 2 is 2.31 bits per heavy atom. The van der Waals surface area contributed by atoms with Crippen molar-refractivity contribution in [2.75, 3.05) is 25.1 Å². The van der Waals surface area contributed by atoms with E-state index in [-0.39, 0.29) is 18.1 Å². The lowest BCUT2D eigenvalue weighted by Gasteiger charge is -2.25. The van der Waals surface area contributed by atoms with Gasteiger partial charge in [-0.2, -0.15) is 0 Å². The van der Waals surface area contributed by atoms with Crippen LogP contribution in [-0.2, 0) is 4.74 Å². The first-order valence-electron chi connectivity index (χ1n) is 8.96. The van der Waals surface area contributed by atoms with Crippen LogP contribution in [0.4, 0.5) is 5.82 Å². The van der Waals surface area contributed by atoms with Crippen LogP contribution in [0.3, 0.4) is 0 Å². The van der Waals surface area contributed by atoms with Crippen LogP contribution < -0.4 is 10.2 Å². The second-order valence-electron chi connectivity index (χ2n) is 6.92. The van der Waals surface area contributed by atoms with E-state index in [1.807, 2.05) is 13.0 Å². The van der Waals surface area contributed by atoms with Crippen LogP contribution in [0.2, 0.25) is 0 Å². The van der Waals surface area contributed by atoms with Gasteiger partial charge in [-0.15, -0.1) is 0 Å². The van der Waals surface area contributed by atoms with Crippen molar-refractivity contribution >= 4 is 11.7 Å². The van der Waals surface area contributed by atoms with E-state index in [2.05, 4.69) is 25.2 Å². The molecule has 0 bridgehead atoms. The molecule has 0 unspecified atom stereocenters. The lowest BCUT2D eigenvalue weighted by Crippen LogP contribution is -2.40. The second-order valence-corrected chi connectivity index (χ2v) is 6.92. The van der Waals surface area contributed by atoms with E-state index in [1.54, 1.807) is 13.3 Å². The monoisotopic (exact) mass is 357 g/mol. The molecule has 1 saturated carbocycles. The van der Waals surface area contributed by atoms with Gasteiger partial charge in [-0.25, -0.2) is 15.0 Å². The summed E-state index contributed by atoms with van der Waals surface area (Å²) >= 11 is 0. The first kappa shape index (κ1) is 17.0. The van der Waals surface area contributed by atoms with Crippen molar-refractivity contribution < 1.29 is 13.9 Å². The molecule has 138 valence electrons. The Kier molecular flexibility index (Phi) is 4.58. The predicted octanol–water partition coefficient (Wildman–Crippen LogP) is 1.67. The molecule has 1 aliphatic heterocycles. The lowest BCUT2D eigenvalue weighted by molar-refractivity contribution is 0.0916. The minimum absolute atomic E-state index is 0.102. The fourth-order valence-corrected chi connectivity index (χ4v) is 3.40. The maximum Gasteiger partial charge on any atom is 0.289 e. The molecular weight excluding hydrogens is 334 g/mol. The molecule has 2 aromatic heterocycles. The molecule has 2 aromatic rings. The SMILES string of the molecule is CO[C@@H]1C[C@H](CNC(=O)c2oc(C3CC3)nc2C)N(c2ccncn2)C1. The number of rotatable bonds is 6. The van der Waals surface area contributed by atoms with Crippen molar-refractivity contribution in [2.24, 2.45) is 0 Å². The van der Waals surface area contributed by atoms with E-state index in [1.165, 1.54) is 6.33 Å². The van der Waals surface area contributed by atoms with Crippen LogP contribution in [0.1, 0.15) is 47.3 Å². The van der Waals surface area contributed by atoms with E-state index in [0.29, 0.717) is 29.8 Å². The van der Waals surface area contributed by atoms with Crippen molar-refractivity contribution in [2.45, 2.75) is 44.2 Å². The molecule has 2 fully saturated rings. The zero-order valence-corrected chi connectivity index (χ0v) is 15.0. The van der Waals surface area contributed by atoms with Gasteiger partial charge in [0.15, 0.2) is 5.89 Å². The van der Waals surface area contributed by atoms with E-state index in [9.17, 15) is 4.79 Å². The third-order valence-electron chi connectivity index (χ3n) is 5.01. The number of aromatic nitrogens is 3. The summed E-state index contributed by atoms with van der Waals surface area (Å²) in [5.74, 6) is 2.02. The van der Waals surface area contributed by atoms with Crippen molar-refractivity contribution in [1.29, 1.82) is 0 Å². The number of oxazole rings is 1. The molecule has 2 aliphatic rings. The van der Waals surface area contributed by atoms with Crippen molar-refractivity contribution in [3.05, 3.63) is 35.9 Å².